The first-order valence-electron chi connectivity index (χ1n) is 6.96. The van der Waals surface area contributed by atoms with Crippen LogP contribution in [0.3, 0.4) is 0 Å². The molecule has 0 N–H and O–H groups in total. The number of halogens is 3. The van der Waals surface area contributed by atoms with Crippen LogP contribution in [-0.4, -0.2) is 23.9 Å². The highest BCUT2D eigenvalue weighted by molar-refractivity contribution is 5.11. The van der Waals surface area contributed by atoms with Crippen LogP contribution in [0.1, 0.15) is 36.0 Å². The first-order chi connectivity index (χ1) is 10.7. The van der Waals surface area contributed by atoms with E-state index in [1.807, 2.05) is 0 Å². The molecule has 1 aliphatic carbocycles. The van der Waals surface area contributed by atoms with Crippen molar-refractivity contribution >= 4 is 0 Å². The Morgan fingerprint density at radius 2 is 1.91 bits per heavy atom. The summed E-state index contributed by atoms with van der Waals surface area (Å²) < 4.78 is 41.4. The van der Waals surface area contributed by atoms with Gasteiger partial charge in [0.25, 0.3) is 5.56 Å². The Morgan fingerprint density at radius 3 is 2.48 bits per heavy atom. The standard InChI is InChI=1S/C13H14F3N5O2/c1-19-5-8(13(14,15)16)11(22)21(12(19)23)6-9-17-10(7-3-4-7)18-20(9)2/h5,7H,3-4,6H2,1-2H3. The van der Waals surface area contributed by atoms with Crippen molar-refractivity contribution in [1.29, 1.82) is 0 Å². The highest BCUT2D eigenvalue weighted by atomic mass is 19.4. The molecule has 0 amide bonds. The summed E-state index contributed by atoms with van der Waals surface area (Å²) in [5, 5.41) is 4.18. The number of aryl methyl sites for hydroxylation is 2. The van der Waals surface area contributed by atoms with Crippen molar-refractivity contribution < 1.29 is 13.2 Å². The van der Waals surface area contributed by atoms with E-state index in [1.165, 1.54) is 11.7 Å². The third-order valence-electron chi connectivity index (χ3n) is 3.75. The lowest BCUT2D eigenvalue weighted by Gasteiger charge is -2.11. The van der Waals surface area contributed by atoms with Crippen LogP contribution >= 0.6 is 0 Å². The Hall–Kier alpha value is -2.39. The van der Waals surface area contributed by atoms with Gasteiger partial charge in [-0.2, -0.15) is 18.3 Å². The fraction of sp³-hybridized carbons (Fsp3) is 0.538. The minimum atomic E-state index is -4.83. The van der Waals surface area contributed by atoms with E-state index in [-0.39, 0.29) is 18.3 Å². The predicted molar refractivity (Wildman–Crippen MR) is 73.0 cm³/mol. The van der Waals surface area contributed by atoms with E-state index in [4.69, 9.17) is 0 Å². The Balaban J connectivity index is 2.08. The smallest absolute Gasteiger partial charge is 0.303 e. The van der Waals surface area contributed by atoms with E-state index < -0.39 is 23.0 Å². The second kappa shape index (κ2) is 5.07. The van der Waals surface area contributed by atoms with Gasteiger partial charge in [0.1, 0.15) is 11.4 Å². The monoisotopic (exact) mass is 329 g/mol. The zero-order valence-corrected chi connectivity index (χ0v) is 12.5. The molecule has 0 aliphatic heterocycles. The average Bonchev–Trinajstić information content (AvgIpc) is 3.23. The minimum absolute atomic E-state index is 0.260. The summed E-state index contributed by atoms with van der Waals surface area (Å²) in [5.41, 5.74) is -3.60. The van der Waals surface area contributed by atoms with Crippen LogP contribution in [0.2, 0.25) is 0 Å². The van der Waals surface area contributed by atoms with Gasteiger partial charge in [0.15, 0.2) is 5.82 Å². The topological polar surface area (TPSA) is 74.7 Å². The van der Waals surface area contributed by atoms with E-state index in [1.54, 1.807) is 7.05 Å². The second-order valence-corrected chi connectivity index (χ2v) is 5.61. The Labute approximate surface area is 128 Å². The zero-order valence-electron chi connectivity index (χ0n) is 12.5. The van der Waals surface area contributed by atoms with E-state index >= 15 is 0 Å². The first-order valence-corrected chi connectivity index (χ1v) is 6.96. The van der Waals surface area contributed by atoms with Crippen molar-refractivity contribution in [3.63, 3.8) is 0 Å². The van der Waals surface area contributed by atoms with E-state index in [0.717, 1.165) is 17.4 Å². The third-order valence-corrected chi connectivity index (χ3v) is 3.75. The average molecular weight is 329 g/mol. The number of rotatable bonds is 3. The molecule has 2 heterocycles. The maximum Gasteiger partial charge on any atom is 0.423 e. The SMILES string of the molecule is Cn1nc(C2CC2)nc1Cn1c(=O)c(C(F)(F)F)cn(C)c1=O. The van der Waals surface area contributed by atoms with Crippen LogP contribution in [0.15, 0.2) is 15.8 Å². The predicted octanol–water partition coefficient (Wildman–Crippen LogP) is 0.620. The lowest BCUT2D eigenvalue weighted by atomic mass is 10.3. The summed E-state index contributed by atoms with van der Waals surface area (Å²) in [6.07, 6.45) is -2.39. The molecule has 1 fully saturated rings. The fourth-order valence-electron chi connectivity index (χ4n) is 2.29. The highest BCUT2D eigenvalue weighted by Crippen LogP contribution is 2.38. The van der Waals surface area contributed by atoms with Gasteiger partial charge in [-0.1, -0.05) is 0 Å². The number of hydrogen-bond donors (Lipinski definition) is 0. The van der Waals surface area contributed by atoms with E-state index in [2.05, 4.69) is 10.1 Å². The maximum absolute atomic E-state index is 12.9. The normalized spacial score (nSPS) is 15.2. The maximum atomic E-state index is 12.9. The van der Waals surface area contributed by atoms with Crippen LogP contribution in [0.5, 0.6) is 0 Å². The molecule has 0 bridgehead atoms. The number of aromatic nitrogens is 5. The lowest BCUT2D eigenvalue weighted by Crippen LogP contribution is -2.43. The van der Waals surface area contributed by atoms with Gasteiger partial charge in [-0.05, 0) is 12.8 Å². The molecule has 2 aromatic rings. The zero-order chi connectivity index (χ0) is 16.9. The molecule has 2 aromatic heterocycles. The van der Waals surface area contributed by atoms with Crippen molar-refractivity contribution in [2.75, 3.05) is 0 Å². The molecule has 7 nitrogen and oxygen atoms in total. The van der Waals surface area contributed by atoms with E-state index in [0.29, 0.717) is 16.6 Å². The molecule has 1 saturated carbocycles. The molecule has 0 aromatic carbocycles. The van der Waals surface area contributed by atoms with Crippen molar-refractivity contribution in [2.45, 2.75) is 31.5 Å². The number of alkyl halides is 3. The van der Waals surface area contributed by atoms with Gasteiger partial charge in [-0.15, -0.1) is 0 Å². The molecule has 1 aliphatic rings. The number of nitrogens with zero attached hydrogens (tertiary/aromatic N) is 5. The first kappa shape index (κ1) is 15.5. The van der Waals surface area contributed by atoms with Gasteiger partial charge in [0.2, 0.25) is 0 Å². The van der Waals surface area contributed by atoms with Gasteiger partial charge < -0.3 is 4.57 Å². The van der Waals surface area contributed by atoms with Gasteiger partial charge >= 0.3 is 11.9 Å². The third kappa shape index (κ3) is 2.80. The molecule has 3 rings (SSSR count). The van der Waals surface area contributed by atoms with Crippen molar-refractivity contribution in [1.82, 2.24) is 23.9 Å². The van der Waals surface area contributed by atoms with Gasteiger partial charge in [0.05, 0.1) is 6.54 Å². The molecular weight excluding hydrogens is 315 g/mol. The quantitative estimate of drug-likeness (QED) is 0.827. The van der Waals surface area contributed by atoms with Gasteiger partial charge in [-0.25, -0.2) is 9.78 Å². The van der Waals surface area contributed by atoms with Crippen molar-refractivity contribution in [3.05, 3.63) is 44.2 Å². The van der Waals surface area contributed by atoms with Crippen LogP contribution in [0, 0.1) is 0 Å². The second-order valence-electron chi connectivity index (χ2n) is 5.61. The van der Waals surface area contributed by atoms with Crippen LogP contribution in [-0.2, 0) is 26.8 Å². The Morgan fingerprint density at radius 1 is 1.26 bits per heavy atom. The van der Waals surface area contributed by atoms with Crippen molar-refractivity contribution in [3.8, 4) is 0 Å². The number of hydrogen-bond acceptors (Lipinski definition) is 4. The molecule has 0 unspecified atom stereocenters. The summed E-state index contributed by atoms with van der Waals surface area (Å²) >= 11 is 0. The Kier molecular flexibility index (Phi) is 3.42. The fourth-order valence-corrected chi connectivity index (χ4v) is 2.29. The molecule has 0 atom stereocenters. The summed E-state index contributed by atoms with van der Waals surface area (Å²) in [6.45, 7) is -0.356. The van der Waals surface area contributed by atoms with Crippen LogP contribution in [0.4, 0.5) is 13.2 Å². The summed E-state index contributed by atoms with van der Waals surface area (Å²) in [7, 11) is 2.75. The molecule has 0 spiro atoms. The van der Waals surface area contributed by atoms with E-state index in [9.17, 15) is 22.8 Å². The largest absolute Gasteiger partial charge is 0.423 e. The molecule has 10 heteroatoms. The summed E-state index contributed by atoms with van der Waals surface area (Å²) in [5.74, 6) is 1.13. The van der Waals surface area contributed by atoms with Gasteiger partial charge in [-0.3, -0.25) is 14.0 Å². The lowest BCUT2D eigenvalue weighted by molar-refractivity contribution is -0.139. The van der Waals surface area contributed by atoms with Crippen LogP contribution < -0.4 is 11.2 Å². The molecule has 0 saturated heterocycles. The van der Waals surface area contributed by atoms with Gasteiger partial charge in [0, 0.05) is 26.2 Å². The summed E-state index contributed by atoms with van der Waals surface area (Å²) in [4.78, 5) is 28.3. The highest BCUT2D eigenvalue weighted by Gasteiger charge is 2.36. The molecule has 0 radical (unpaired) electrons. The van der Waals surface area contributed by atoms with Crippen LogP contribution in [0.25, 0.3) is 0 Å². The van der Waals surface area contributed by atoms with Crippen molar-refractivity contribution in [2.24, 2.45) is 14.1 Å². The molecule has 23 heavy (non-hydrogen) atoms. The molecule has 124 valence electrons. The molecular formula is C13H14F3N5O2. The minimum Gasteiger partial charge on any atom is -0.303 e. The summed E-state index contributed by atoms with van der Waals surface area (Å²) in [6, 6.07) is 0. The Bertz CT molecular complexity index is 873.